The molecule has 3 heterocycles. The van der Waals surface area contributed by atoms with Crippen LogP contribution in [0.4, 0.5) is 0 Å². The average molecular weight is 460 g/mol. The summed E-state index contributed by atoms with van der Waals surface area (Å²) in [6, 6.07) is 12.3. The second-order valence-electron chi connectivity index (χ2n) is 7.67. The van der Waals surface area contributed by atoms with Crippen LogP contribution in [0.3, 0.4) is 0 Å². The zero-order valence-corrected chi connectivity index (χ0v) is 18.2. The number of aliphatic carboxylic acids is 1. The maximum Gasteiger partial charge on any atom is 0.306 e. The molecular weight excluding hydrogens is 438 g/mol. The summed E-state index contributed by atoms with van der Waals surface area (Å²) in [5.74, 6) is -1.82. The van der Waals surface area contributed by atoms with Crippen LogP contribution in [0, 0.1) is 5.92 Å². The minimum absolute atomic E-state index is 0.197. The number of halogens is 1. The van der Waals surface area contributed by atoms with Crippen LogP contribution in [0.1, 0.15) is 28.9 Å². The number of aromatic amines is 1. The number of carboxylic acids is 1. The first kappa shape index (κ1) is 21.4. The normalized spacial score (nSPS) is 15.7. The lowest BCUT2D eigenvalue weighted by Crippen LogP contribution is -2.52. The molecule has 31 heavy (non-hydrogen) atoms. The van der Waals surface area contributed by atoms with Gasteiger partial charge in [-0.15, -0.1) is 11.3 Å². The van der Waals surface area contributed by atoms with E-state index in [1.54, 1.807) is 17.0 Å². The summed E-state index contributed by atoms with van der Waals surface area (Å²) in [6.45, 7) is 0.737. The van der Waals surface area contributed by atoms with Crippen molar-refractivity contribution in [3.05, 3.63) is 58.1 Å². The number of carboxylic acid groups (broad SMARTS) is 1. The van der Waals surface area contributed by atoms with Crippen molar-refractivity contribution in [3.8, 4) is 0 Å². The van der Waals surface area contributed by atoms with Crippen molar-refractivity contribution in [2.75, 3.05) is 13.1 Å². The average Bonchev–Trinajstić information content (AvgIpc) is 3.31. The fourth-order valence-corrected chi connectivity index (χ4v) is 4.99. The molecule has 2 amide bonds. The lowest BCUT2D eigenvalue weighted by atomic mass is 9.96. The summed E-state index contributed by atoms with van der Waals surface area (Å²) in [5, 5.41) is 12.9. The van der Waals surface area contributed by atoms with E-state index >= 15 is 0 Å². The molecule has 3 aromatic rings. The SMILES string of the molecule is O=C(N[C@@H](Cc1ccccc1)C(=O)N1CCC(C(=O)O)CC1)c1cc2cc(Cl)sc2[nH]1. The number of benzene rings is 1. The van der Waals surface area contributed by atoms with Gasteiger partial charge in [0.15, 0.2) is 0 Å². The third-order valence-corrected chi connectivity index (χ3v) is 6.76. The fourth-order valence-electron chi connectivity index (χ4n) is 3.87. The second-order valence-corrected chi connectivity index (χ2v) is 9.36. The standard InChI is InChI=1S/C22H22ClN3O4S/c23-18-12-15-11-16(25-20(15)31-18)19(27)24-17(10-13-4-2-1-3-5-13)21(28)26-8-6-14(7-9-26)22(29)30/h1-5,11-12,14,17,25H,6-10H2,(H,24,27)(H,29,30)/t17-/m0/s1. The van der Waals surface area contributed by atoms with Gasteiger partial charge in [0.05, 0.1) is 10.3 Å². The molecule has 0 spiro atoms. The molecule has 2 aromatic heterocycles. The van der Waals surface area contributed by atoms with Crippen LogP contribution in [0.5, 0.6) is 0 Å². The minimum atomic E-state index is -0.826. The van der Waals surface area contributed by atoms with Gasteiger partial charge in [0.2, 0.25) is 5.91 Å². The molecule has 1 aliphatic heterocycles. The molecule has 0 radical (unpaired) electrons. The van der Waals surface area contributed by atoms with E-state index in [-0.39, 0.29) is 11.8 Å². The van der Waals surface area contributed by atoms with Gasteiger partial charge in [0.1, 0.15) is 16.6 Å². The van der Waals surface area contributed by atoms with Gasteiger partial charge in [-0.25, -0.2) is 0 Å². The summed E-state index contributed by atoms with van der Waals surface area (Å²) in [4.78, 5) is 42.9. The van der Waals surface area contributed by atoms with Gasteiger partial charge in [-0.3, -0.25) is 14.4 Å². The Morgan fingerprint density at radius 1 is 1.19 bits per heavy atom. The van der Waals surface area contributed by atoms with Gasteiger partial charge < -0.3 is 20.3 Å². The van der Waals surface area contributed by atoms with Gasteiger partial charge in [-0.05, 0) is 30.5 Å². The zero-order valence-electron chi connectivity index (χ0n) is 16.6. The van der Waals surface area contributed by atoms with E-state index in [4.69, 9.17) is 11.6 Å². The summed E-state index contributed by atoms with van der Waals surface area (Å²) < 4.78 is 0.634. The molecule has 0 bridgehead atoms. The Balaban J connectivity index is 1.50. The molecule has 1 aromatic carbocycles. The number of carbonyl (C=O) groups is 3. The quantitative estimate of drug-likeness (QED) is 0.524. The Hall–Kier alpha value is -2.84. The maximum atomic E-state index is 13.3. The molecular formula is C22H22ClN3O4S. The molecule has 1 fully saturated rings. The van der Waals surface area contributed by atoms with Crippen LogP contribution in [0.15, 0.2) is 42.5 Å². The number of nitrogens with one attached hydrogen (secondary N) is 2. The van der Waals surface area contributed by atoms with E-state index in [0.717, 1.165) is 15.8 Å². The van der Waals surface area contributed by atoms with Crippen LogP contribution in [-0.4, -0.2) is 51.9 Å². The van der Waals surface area contributed by atoms with E-state index in [1.807, 2.05) is 30.3 Å². The molecule has 1 atom stereocenters. The van der Waals surface area contributed by atoms with Gasteiger partial charge in [-0.1, -0.05) is 41.9 Å². The molecule has 9 heteroatoms. The number of carbonyl (C=O) groups excluding carboxylic acids is 2. The first-order valence-electron chi connectivity index (χ1n) is 10.0. The lowest BCUT2D eigenvalue weighted by molar-refractivity contribution is -0.146. The number of hydrogen-bond donors (Lipinski definition) is 3. The van der Waals surface area contributed by atoms with E-state index in [9.17, 15) is 19.5 Å². The summed E-state index contributed by atoms with van der Waals surface area (Å²) in [6.07, 6.45) is 1.19. The predicted octanol–water partition coefficient (Wildman–Crippen LogP) is 3.55. The zero-order chi connectivity index (χ0) is 22.0. The number of thiophene rings is 1. The number of amides is 2. The smallest absolute Gasteiger partial charge is 0.306 e. The number of likely N-dealkylation sites (tertiary alicyclic amines) is 1. The van der Waals surface area contributed by atoms with Gasteiger partial charge >= 0.3 is 5.97 Å². The van der Waals surface area contributed by atoms with Gasteiger partial charge in [0.25, 0.3) is 5.91 Å². The molecule has 0 aliphatic carbocycles. The fraction of sp³-hybridized carbons (Fsp3) is 0.318. The van der Waals surface area contributed by atoms with E-state index in [2.05, 4.69) is 10.3 Å². The van der Waals surface area contributed by atoms with E-state index < -0.39 is 17.9 Å². The third kappa shape index (κ3) is 4.91. The number of piperidine rings is 1. The Morgan fingerprint density at radius 2 is 1.90 bits per heavy atom. The minimum Gasteiger partial charge on any atom is -0.481 e. The molecule has 0 unspecified atom stereocenters. The lowest BCUT2D eigenvalue weighted by Gasteiger charge is -2.33. The third-order valence-electron chi connectivity index (χ3n) is 5.57. The topological polar surface area (TPSA) is 102 Å². The molecule has 4 rings (SSSR count). The van der Waals surface area contributed by atoms with E-state index in [1.165, 1.54) is 11.3 Å². The van der Waals surface area contributed by atoms with Crippen molar-refractivity contribution < 1.29 is 19.5 Å². The largest absolute Gasteiger partial charge is 0.481 e. The molecule has 162 valence electrons. The van der Waals surface area contributed by atoms with Gasteiger partial charge in [0, 0.05) is 24.9 Å². The summed E-state index contributed by atoms with van der Waals surface area (Å²) >= 11 is 7.35. The van der Waals surface area contributed by atoms with Crippen LogP contribution in [-0.2, 0) is 16.0 Å². The Labute approximate surface area is 188 Å². The van der Waals surface area contributed by atoms with Crippen molar-refractivity contribution in [1.29, 1.82) is 0 Å². The Bertz CT molecular complexity index is 1070. The first-order valence-corrected chi connectivity index (χ1v) is 11.2. The van der Waals surface area contributed by atoms with Crippen LogP contribution in [0.25, 0.3) is 10.2 Å². The summed E-state index contributed by atoms with van der Waals surface area (Å²) in [7, 11) is 0. The highest BCUT2D eigenvalue weighted by molar-refractivity contribution is 7.22. The van der Waals surface area contributed by atoms with Crippen LogP contribution in [0.2, 0.25) is 4.34 Å². The molecule has 1 saturated heterocycles. The number of fused-ring (bicyclic) bond motifs is 1. The van der Waals surface area contributed by atoms with E-state index in [0.29, 0.717) is 42.4 Å². The number of hydrogen-bond acceptors (Lipinski definition) is 4. The Kier molecular flexibility index (Phi) is 6.29. The maximum absolute atomic E-state index is 13.3. The van der Waals surface area contributed by atoms with Crippen molar-refractivity contribution in [1.82, 2.24) is 15.2 Å². The number of aromatic nitrogens is 1. The second kappa shape index (κ2) is 9.11. The summed E-state index contributed by atoms with van der Waals surface area (Å²) in [5.41, 5.74) is 1.30. The van der Waals surface area contributed by atoms with Crippen molar-refractivity contribution >= 4 is 50.9 Å². The molecule has 0 saturated carbocycles. The number of H-pyrrole nitrogens is 1. The van der Waals surface area contributed by atoms with Crippen molar-refractivity contribution in [2.45, 2.75) is 25.3 Å². The molecule has 1 aliphatic rings. The van der Waals surface area contributed by atoms with Gasteiger partial charge in [-0.2, -0.15) is 0 Å². The monoisotopic (exact) mass is 459 g/mol. The first-order chi connectivity index (χ1) is 14.9. The van der Waals surface area contributed by atoms with Crippen LogP contribution >= 0.6 is 22.9 Å². The number of nitrogens with zero attached hydrogens (tertiary/aromatic N) is 1. The Morgan fingerprint density at radius 3 is 2.55 bits per heavy atom. The highest BCUT2D eigenvalue weighted by atomic mass is 35.5. The highest BCUT2D eigenvalue weighted by Crippen LogP contribution is 2.29. The highest BCUT2D eigenvalue weighted by Gasteiger charge is 2.32. The predicted molar refractivity (Wildman–Crippen MR) is 120 cm³/mol. The molecule has 3 N–H and O–H groups in total. The number of rotatable bonds is 6. The van der Waals surface area contributed by atoms with Crippen molar-refractivity contribution in [3.63, 3.8) is 0 Å². The van der Waals surface area contributed by atoms with Crippen molar-refractivity contribution in [2.24, 2.45) is 5.92 Å². The van der Waals surface area contributed by atoms with Crippen LogP contribution < -0.4 is 5.32 Å². The molecule has 7 nitrogen and oxygen atoms in total.